The number of nitro groups is 1. The third-order valence-electron chi connectivity index (χ3n) is 2.59. The van der Waals surface area contributed by atoms with Crippen molar-refractivity contribution in [3.63, 3.8) is 0 Å². The van der Waals surface area contributed by atoms with Crippen molar-refractivity contribution < 1.29 is 19.6 Å². The average Bonchev–Trinajstić information content (AvgIpc) is 2.49. The van der Waals surface area contributed by atoms with Crippen molar-refractivity contribution in [1.82, 2.24) is 0 Å². The number of hydrogen-bond acceptors (Lipinski definition) is 4. The van der Waals surface area contributed by atoms with Crippen molar-refractivity contribution in [3.05, 3.63) is 33.4 Å². The zero-order chi connectivity index (χ0) is 12.8. The van der Waals surface area contributed by atoms with Crippen LogP contribution < -0.4 is 4.74 Å². The second-order valence-electron chi connectivity index (χ2n) is 4.58. The normalized spacial score (nSPS) is 16.1. The lowest BCUT2D eigenvalue weighted by Crippen LogP contribution is -2.25. The molecule has 1 aliphatic rings. The van der Waals surface area contributed by atoms with Gasteiger partial charge in [0.15, 0.2) is 0 Å². The first-order valence-corrected chi connectivity index (χ1v) is 5.04. The van der Waals surface area contributed by atoms with Crippen LogP contribution in [-0.2, 0) is 6.42 Å². The van der Waals surface area contributed by atoms with Crippen molar-refractivity contribution in [2.75, 3.05) is 0 Å². The van der Waals surface area contributed by atoms with Crippen LogP contribution in [0.4, 0.5) is 5.69 Å². The van der Waals surface area contributed by atoms with Crippen LogP contribution in [0.3, 0.4) is 0 Å². The van der Waals surface area contributed by atoms with E-state index < -0.39 is 16.5 Å². The molecule has 0 saturated carbocycles. The van der Waals surface area contributed by atoms with Gasteiger partial charge in [-0.25, -0.2) is 4.79 Å². The monoisotopic (exact) mass is 237 g/mol. The number of hydrogen-bond donors (Lipinski definition) is 1. The number of aromatic carboxylic acids is 1. The van der Waals surface area contributed by atoms with Crippen molar-refractivity contribution in [1.29, 1.82) is 0 Å². The minimum Gasteiger partial charge on any atom is -0.486 e. The summed E-state index contributed by atoms with van der Waals surface area (Å²) in [5, 5.41) is 19.7. The maximum absolute atomic E-state index is 11.0. The molecule has 0 amide bonds. The highest BCUT2D eigenvalue weighted by Crippen LogP contribution is 2.40. The number of rotatable bonds is 2. The molecule has 0 atom stereocenters. The number of non-ortho nitro benzene ring substituents is 1. The molecule has 0 unspecified atom stereocenters. The molecular formula is C11H11NO5. The Hall–Kier alpha value is -2.11. The molecule has 1 aromatic carbocycles. The van der Waals surface area contributed by atoms with E-state index in [1.807, 2.05) is 13.8 Å². The Morgan fingerprint density at radius 1 is 1.53 bits per heavy atom. The molecule has 1 N–H and O–H groups in total. The number of nitro benzene ring substituents is 1. The summed E-state index contributed by atoms with van der Waals surface area (Å²) in [6, 6.07) is 2.40. The smallest absolute Gasteiger partial charge is 0.339 e. The maximum Gasteiger partial charge on any atom is 0.339 e. The average molecular weight is 237 g/mol. The van der Waals surface area contributed by atoms with Gasteiger partial charge >= 0.3 is 5.97 Å². The zero-order valence-electron chi connectivity index (χ0n) is 9.39. The summed E-state index contributed by atoms with van der Waals surface area (Å²) >= 11 is 0. The van der Waals surface area contributed by atoms with Crippen LogP contribution in [-0.4, -0.2) is 21.6 Å². The summed E-state index contributed by atoms with van der Waals surface area (Å²) < 4.78 is 5.52. The number of ether oxygens (including phenoxy) is 1. The van der Waals surface area contributed by atoms with E-state index >= 15 is 0 Å². The van der Waals surface area contributed by atoms with Crippen molar-refractivity contribution in [2.45, 2.75) is 25.9 Å². The van der Waals surface area contributed by atoms with Crippen LogP contribution in [0.25, 0.3) is 0 Å². The fourth-order valence-electron chi connectivity index (χ4n) is 1.96. The molecule has 0 aromatic heterocycles. The van der Waals surface area contributed by atoms with Gasteiger partial charge in [-0.15, -0.1) is 0 Å². The molecule has 90 valence electrons. The molecule has 2 rings (SSSR count). The van der Waals surface area contributed by atoms with E-state index in [1.54, 1.807) is 0 Å². The Balaban J connectivity index is 2.62. The molecule has 1 aromatic rings. The third kappa shape index (κ3) is 1.93. The van der Waals surface area contributed by atoms with Gasteiger partial charge in [0, 0.05) is 24.1 Å². The highest BCUT2D eigenvalue weighted by molar-refractivity contribution is 5.92. The summed E-state index contributed by atoms with van der Waals surface area (Å²) in [6.45, 7) is 3.62. The molecule has 0 spiro atoms. The van der Waals surface area contributed by atoms with Gasteiger partial charge in [-0.1, -0.05) is 0 Å². The van der Waals surface area contributed by atoms with Crippen molar-refractivity contribution >= 4 is 11.7 Å². The van der Waals surface area contributed by atoms with Gasteiger partial charge in [0.2, 0.25) is 0 Å². The summed E-state index contributed by atoms with van der Waals surface area (Å²) in [7, 11) is 0. The lowest BCUT2D eigenvalue weighted by atomic mass is 10.00. The van der Waals surface area contributed by atoms with E-state index in [4.69, 9.17) is 9.84 Å². The van der Waals surface area contributed by atoms with E-state index in [2.05, 4.69) is 0 Å². The SMILES string of the molecule is CC1(C)Cc2cc([N+](=O)[O-])cc(C(=O)O)c2O1. The van der Waals surface area contributed by atoms with Crippen LogP contribution in [0.15, 0.2) is 12.1 Å². The van der Waals surface area contributed by atoms with Crippen LogP contribution in [0.1, 0.15) is 29.8 Å². The molecule has 17 heavy (non-hydrogen) atoms. The van der Waals surface area contributed by atoms with Crippen LogP contribution >= 0.6 is 0 Å². The number of fused-ring (bicyclic) bond motifs is 1. The quantitative estimate of drug-likeness (QED) is 0.627. The number of carbonyl (C=O) groups is 1. The molecule has 6 nitrogen and oxygen atoms in total. The summed E-state index contributed by atoms with van der Waals surface area (Å²) in [4.78, 5) is 21.2. The summed E-state index contributed by atoms with van der Waals surface area (Å²) in [5.74, 6) is -0.976. The van der Waals surface area contributed by atoms with Crippen molar-refractivity contribution in [2.24, 2.45) is 0 Å². The minimum absolute atomic E-state index is 0.153. The van der Waals surface area contributed by atoms with E-state index in [0.29, 0.717) is 12.0 Å². The molecule has 0 radical (unpaired) electrons. The van der Waals surface area contributed by atoms with Gasteiger partial charge in [0.05, 0.1) is 4.92 Å². The molecule has 6 heteroatoms. The fourth-order valence-corrected chi connectivity index (χ4v) is 1.96. The third-order valence-corrected chi connectivity index (χ3v) is 2.59. The Kier molecular flexibility index (Phi) is 2.30. The number of benzene rings is 1. The van der Waals surface area contributed by atoms with Gasteiger partial charge in [-0.2, -0.15) is 0 Å². The first-order valence-electron chi connectivity index (χ1n) is 5.04. The number of nitrogens with zero attached hydrogens (tertiary/aromatic N) is 1. The molecule has 0 bridgehead atoms. The predicted octanol–water partition coefficient (Wildman–Crippen LogP) is 2.01. The molecule has 0 aliphatic carbocycles. The van der Waals surface area contributed by atoms with Crippen LogP contribution in [0.2, 0.25) is 0 Å². The van der Waals surface area contributed by atoms with Gasteiger partial charge < -0.3 is 9.84 Å². The Labute approximate surface area is 97.0 Å². The van der Waals surface area contributed by atoms with Gasteiger partial charge in [0.1, 0.15) is 16.9 Å². The van der Waals surface area contributed by atoms with E-state index in [0.717, 1.165) is 6.07 Å². The van der Waals surface area contributed by atoms with Gasteiger partial charge in [0.25, 0.3) is 5.69 Å². The predicted molar refractivity (Wildman–Crippen MR) is 58.5 cm³/mol. The highest BCUT2D eigenvalue weighted by atomic mass is 16.6. The Bertz CT molecular complexity index is 521. The Morgan fingerprint density at radius 2 is 2.18 bits per heavy atom. The number of carboxylic acids is 1. The molecule has 0 saturated heterocycles. The summed E-state index contributed by atoms with van der Waals surface area (Å²) in [6.07, 6.45) is 0.463. The van der Waals surface area contributed by atoms with Gasteiger partial charge in [-0.3, -0.25) is 10.1 Å². The first-order chi connectivity index (χ1) is 7.80. The van der Waals surface area contributed by atoms with E-state index in [-0.39, 0.29) is 17.0 Å². The van der Waals surface area contributed by atoms with E-state index in [1.165, 1.54) is 6.07 Å². The standard InChI is InChI=1S/C11H11NO5/c1-11(2)5-6-3-7(12(15)16)4-8(10(13)14)9(6)17-11/h3-4H,5H2,1-2H3,(H,13,14). The van der Waals surface area contributed by atoms with Crippen LogP contribution in [0.5, 0.6) is 5.75 Å². The Morgan fingerprint density at radius 3 is 2.71 bits per heavy atom. The molecule has 1 heterocycles. The second-order valence-corrected chi connectivity index (χ2v) is 4.58. The van der Waals surface area contributed by atoms with Crippen molar-refractivity contribution in [3.8, 4) is 5.75 Å². The van der Waals surface area contributed by atoms with Crippen LogP contribution in [0, 0.1) is 10.1 Å². The largest absolute Gasteiger partial charge is 0.486 e. The lowest BCUT2D eigenvalue weighted by Gasteiger charge is -2.17. The topological polar surface area (TPSA) is 89.7 Å². The molecular weight excluding hydrogens is 226 g/mol. The summed E-state index contributed by atoms with van der Waals surface area (Å²) in [5.41, 5.74) is -0.328. The lowest BCUT2D eigenvalue weighted by molar-refractivity contribution is -0.384. The molecule has 1 aliphatic heterocycles. The second kappa shape index (κ2) is 3.44. The number of carboxylic acid groups (broad SMARTS) is 1. The highest BCUT2D eigenvalue weighted by Gasteiger charge is 2.35. The van der Waals surface area contributed by atoms with Gasteiger partial charge in [-0.05, 0) is 13.8 Å². The molecule has 0 fully saturated rings. The van der Waals surface area contributed by atoms with E-state index in [9.17, 15) is 14.9 Å². The first kappa shape index (κ1) is 11.4. The fraction of sp³-hybridized carbons (Fsp3) is 0.364. The maximum atomic E-state index is 11.0. The zero-order valence-corrected chi connectivity index (χ0v) is 9.39. The minimum atomic E-state index is -1.22.